The molecule has 1 atom stereocenters. The maximum Gasteiger partial charge on any atom is 0.261 e. The average molecular weight is 244 g/mol. The zero-order valence-electron chi connectivity index (χ0n) is 9.90. The van der Waals surface area contributed by atoms with Crippen molar-refractivity contribution in [2.24, 2.45) is 0 Å². The lowest BCUT2D eigenvalue weighted by molar-refractivity contribution is 0.00481. The predicted octanol–water partition coefficient (Wildman–Crippen LogP) is 2.95. The van der Waals surface area contributed by atoms with Crippen molar-refractivity contribution in [3.8, 4) is 0 Å². The second-order valence-electron chi connectivity index (χ2n) is 3.87. The highest BCUT2D eigenvalue weighted by molar-refractivity contribution is 5.25. The van der Waals surface area contributed by atoms with Crippen molar-refractivity contribution < 1.29 is 18.6 Å². The zero-order chi connectivity index (χ0) is 12.7. The molecule has 1 rings (SSSR count). The van der Waals surface area contributed by atoms with Crippen LogP contribution in [-0.4, -0.2) is 24.7 Å². The lowest BCUT2D eigenvalue weighted by Gasteiger charge is -2.12. The number of benzene rings is 1. The first-order valence-corrected chi connectivity index (χ1v) is 5.76. The molecule has 0 aliphatic heterocycles. The third-order valence-corrected chi connectivity index (χ3v) is 2.52. The first-order valence-electron chi connectivity index (χ1n) is 5.76. The summed E-state index contributed by atoms with van der Waals surface area (Å²) in [5.74, 6) is 0. The van der Waals surface area contributed by atoms with E-state index in [2.05, 4.69) is 0 Å². The van der Waals surface area contributed by atoms with Crippen molar-refractivity contribution in [2.75, 3.05) is 13.2 Å². The van der Waals surface area contributed by atoms with E-state index in [0.717, 1.165) is 17.5 Å². The summed E-state index contributed by atoms with van der Waals surface area (Å²) in [6.45, 7) is 1.61. The van der Waals surface area contributed by atoms with Gasteiger partial charge in [-0.05, 0) is 17.5 Å². The van der Waals surface area contributed by atoms with Crippen LogP contribution in [-0.2, 0) is 11.2 Å². The molecule has 0 saturated heterocycles. The Bertz CT molecular complexity index is 329. The molecule has 2 nitrogen and oxygen atoms in total. The van der Waals surface area contributed by atoms with E-state index in [1.165, 1.54) is 0 Å². The van der Waals surface area contributed by atoms with E-state index in [9.17, 15) is 13.9 Å². The summed E-state index contributed by atoms with van der Waals surface area (Å²) in [4.78, 5) is 0. The Hall–Kier alpha value is -1.00. The highest BCUT2D eigenvalue weighted by Crippen LogP contribution is 2.18. The Morgan fingerprint density at radius 3 is 2.76 bits per heavy atom. The van der Waals surface area contributed by atoms with Crippen LogP contribution in [0, 0.1) is 0 Å². The summed E-state index contributed by atoms with van der Waals surface area (Å²) in [6.07, 6.45) is -1.86. The lowest BCUT2D eigenvalue weighted by Crippen LogP contribution is -2.08. The van der Waals surface area contributed by atoms with Crippen LogP contribution in [0.15, 0.2) is 24.3 Å². The SMILES string of the molecule is CCc1cccc(C(O)CCOCC(F)F)c1. The molecule has 0 aliphatic carbocycles. The molecule has 0 fully saturated rings. The van der Waals surface area contributed by atoms with Gasteiger partial charge < -0.3 is 9.84 Å². The van der Waals surface area contributed by atoms with Crippen molar-refractivity contribution in [3.63, 3.8) is 0 Å². The largest absolute Gasteiger partial charge is 0.388 e. The fourth-order valence-electron chi connectivity index (χ4n) is 1.55. The van der Waals surface area contributed by atoms with Crippen molar-refractivity contribution >= 4 is 0 Å². The number of aliphatic hydroxyl groups excluding tert-OH is 1. The van der Waals surface area contributed by atoms with E-state index in [0.29, 0.717) is 6.42 Å². The van der Waals surface area contributed by atoms with Gasteiger partial charge in [0, 0.05) is 13.0 Å². The third-order valence-electron chi connectivity index (χ3n) is 2.52. The van der Waals surface area contributed by atoms with Crippen molar-refractivity contribution in [1.82, 2.24) is 0 Å². The van der Waals surface area contributed by atoms with Crippen LogP contribution in [0.1, 0.15) is 30.6 Å². The van der Waals surface area contributed by atoms with Crippen LogP contribution < -0.4 is 0 Å². The number of halogens is 2. The maximum absolute atomic E-state index is 11.8. The molecule has 96 valence electrons. The van der Waals surface area contributed by atoms with Gasteiger partial charge in [0.1, 0.15) is 6.61 Å². The topological polar surface area (TPSA) is 29.5 Å². The lowest BCUT2D eigenvalue weighted by atomic mass is 10.0. The standard InChI is InChI=1S/C13H18F2O2/c1-2-10-4-3-5-11(8-10)12(16)6-7-17-9-13(14)15/h3-5,8,12-13,16H,2,6-7,9H2,1H3. The highest BCUT2D eigenvalue weighted by Gasteiger charge is 2.09. The minimum absolute atomic E-state index is 0.141. The molecule has 0 saturated carbocycles. The van der Waals surface area contributed by atoms with Crippen LogP contribution in [0.2, 0.25) is 0 Å². The van der Waals surface area contributed by atoms with Crippen LogP contribution in [0.25, 0.3) is 0 Å². The summed E-state index contributed by atoms with van der Waals surface area (Å²) in [6, 6.07) is 7.63. The summed E-state index contributed by atoms with van der Waals surface area (Å²) in [7, 11) is 0. The minimum atomic E-state index is -2.45. The normalized spacial score (nSPS) is 13.0. The molecular formula is C13H18F2O2. The summed E-state index contributed by atoms with van der Waals surface area (Å²) in [5, 5.41) is 9.84. The second-order valence-corrected chi connectivity index (χ2v) is 3.87. The highest BCUT2D eigenvalue weighted by atomic mass is 19.3. The number of aliphatic hydroxyl groups is 1. The summed E-state index contributed by atoms with van der Waals surface area (Å²) >= 11 is 0. The van der Waals surface area contributed by atoms with Gasteiger partial charge in [-0.15, -0.1) is 0 Å². The molecule has 4 heteroatoms. The van der Waals surface area contributed by atoms with Crippen LogP contribution in [0.4, 0.5) is 8.78 Å². The van der Waals surface area contributed by atoms with Gasteiger partial charge in [-0.25, -0.2) is 8.78 Å². The zero-order valence-corrected chi connectivity index (χ0v) is 9.90. The Kier molecular flexibility index (Phi) is 6.08. The van der Waals surface area contributed by atoms with E-state index in [-0.39, 0.29) is 6.61 Å². The summed E-state index contributed by atoms with van der Waals surface area (Å²) in [5.41, 5.74) is 1.96. The molecule has 1 aromatic carbocycles. The number of hydrogen-bond donors (Lipinski definition) is 1. The number of hydrogen-bond acceptors (Lipinski definition) is 2. The van der Waals surface area contributed by atoms with E-state index in [1.54, 1.807) is 0 Å². The molecule has 1 unspecified atom stereocenters. The molecule has 0 amide bonds. The Labute approximate surface area is 100 Å². The van der Waals surface area contributed by atoms with Crippen LogP contribution in [0.5, 0.6) is 0 Å². The molecule has 0 heterocycles. The van der Waals surface area contributed by atoms with Gasteiger partial charge in [0.15, 0.2) is 0 Å². The molecule has 0 aliphatic rings. The molecule has 1 N–H and O–H groups in total. The number of ether oxygens (including phenoxy) is 1. The smallest absolute Gasteiger partial charge is 0.261 e. The van der Waals surface area contributed by atoms with E-state index >= 15 is 0 Å². The van der Waals surface area contributed by atoms with Crippen LogP contribution >= 0.6 is 0 Å². The predicted molar refractivity (Wildman–Crippen MR) is 62.2 cm³/mol. The first-order chi connectivity index (χ1) is 8.13. The van der Waals surface area contributed by atoms with Gasteiger partial charge >= 0.3 is 0 Å². The van der Waals surface area contributed by atoms with Gasteiger partial charge in [-0.1, -0.05) is 31.2 Å². The quantitative estimate of drug-likeness (QED) is 0.747. The summed E-state index contributed by atoms with van der Waals surface area (Å²) < 4.78 is 28.3. The Balaban J connectivity index is 2.38. The van der Waals surface area contributed by atoms with Crippen molar-refractivity contribution in [1.29, 1.82) is 0 Å². The Morgan fingerprint density at radius 1 is 1.35 bits per heavy atom. The second kappa shape index (κ2) is 7.35. The average Bonchev–Trinajstić information content (AvgIpc) is 2.34. The first kappa shape index (κ1) is 14.1. The van der Waals surface area contributed by atoms with Gasteiger partial charge in [0.25, 0.3) is 6.43 Å². The molecular weight excluding hydrogens is 226 g/mol. The number of rotatable bonds is 7. The molecule has 0 radical (unpaired) electrons. The fourth-order valence-corrected chi connectivity index (χ4v) is 1.55. The molecule has 1 aromatic rings. The number of alkyl halides is 2. The van der Waals surface area contributed by atoms with Crippen LogP contribution in [0.3, 0.4) is 0 Å². The van der Waals surface area contributed by atoms with Gasteiger partial charge in [0.2, 0.25) is 0 Å². The molecule has 0 bridgehead atoms. The maximum atomic E-state index is 11.8. The fraction of sp³-hybridized carbons (Fsp3) is 0.538. The minimum Gasteiger partial charge on any atom is -0.388 e. The van der Waals surface area contributed by atoms with Gasteiger partial charge in [0.05, 0.1) is 6.10 Å². The van der Waals surface area contributed by atoms with E-state index < -0.39 is 19.1 Å². The van der Waals surface area contributed by atoms with Crippen molar-refractivity contribution in [2.45, 2.75) is 32.3 Å². The Morgan fingerprint density at radius 2 is 2.12 bits per heavy atom. The molecule has 0 spiro atoms. The third kappa shape index (κ3) is 5.24. The number of aryl methyl sites for hydroxylation is 1. The van der Waals surface area contributed by atoms with E-state index in [1.807, 2.05) is 31.2 Å². The molecule has 17 heavy (non-hydrogen) atoms. The molecule has 0 aromatic heterocycles. The van der Waals surface area contributed by atoms with Gasteiger partial charge in [-0.2, -0.15) is 0 Å². The van der Waals surface area contributed by atoms with E-state index in [4.69, 9.17) is 4.74 Å². The van der Waals surface area contributed by atoms with Crippen molar-refractivity contribution in [3.05, 3.63) is 35.4 Å². The van der Waals surface area contributed by atoms with Gasteiger partial charge in [-0.3, -0.25) is 0 Å². The monoisotopic (exact) mass is 244 g/mol.